The summed E-state index contributed by atoms with van der Waals surface area (Å²) in [6, 6.07) is 5.30. The number of aromatic hydroxyl groups is 1. The van der Waals surface area contributed by atoms with E-state index in [1.54, 1.807) is 12.1 Å². The number of halogens is 1. The number of rotatable bonds is 6. The molecular weight excluding hydrogens is 246 g/mol. The van der Waals surface area contributed by atoms with Gasteiger partial charge in [0.1, 0.15) is 11.8 Å². The van der Waals surface area contributed by atoms with Gasteiger partial charge in [0.25, 0.3) is 0 Å². The summed E-state index contributed by atoms with van der Waals surface area (Å²) < 4.78 is 0. The van der Waals surface area contributed by atoms with Crippen molar-refractivity contribution in [3.8, 4) is 5.75 Å². The summed E-state index contributed by atoms with van der Waals surface area (Å²) in [5, 5.41) is 19.9. The summed E-state index contributed by atoms with van der Waals surface area (Å²) >= 11 is 5.12. The number of nitrogens with one attached hydrogen (secondary N) is 1. The third-order valence-electron chi connectivity index (χ3n) is 2.16. The Kier molecular flexibility index (Phi) is 4.93. The molecular formula is C11H12ClNO4. The van der Waals surface area contributed by atoms with Gasteiger partial charge in [0.15, 0.2) is 0 Å². The minimum Gasteiger partial charge on any atom is -0.508 e. The Morgan fingerprint density at radius 2 is 1.88 bits per heavy atom. The van der Waals surface area contributed by atoms with Crippen LogP contribution in [0, 0.1) is 0 Å². The molecule has 1 rings (SSSR count). The lowest BCUT2D eigenvalue weighted by Gasteiger charge is -2.13. The second kappa shape index (κ2) is 6.22. The highest BCUT2D eigenvalue weighted by Crippen LogP contribution is 2.11. The highest BCUT2D eigenvalue weighted by molar-refractivity contribution is 6.64. The number of carbonyl (C=O) groups excluding carboxylic acids is 1. The van der Waals surface area contributed by atoms with Crippen LogP contribution in [0.2, 0.25) is 0 Å². The number of carbonyl (C=O) groups is 2. The van der Waals surface area contributed by atoms with Crippen LogP contribution in [0.3, 0.4) is 0 Å². The van der Waals surface area contributed by atoms with E-state index in [1.807, 2.05) is 0 Å². The van der Waals surface area contributed by atoms with E-state index < -0.39 is 17.3 Å². The molecule has 0 bridgehead atoms. The zero-order valence-electron chi connectivity index (χ0n) is 8.89. The monoisotopic (exact) mass is 257 g/mol. The number of aliphatic carboxylic acids is 1. The van der Waals surface area contributed by atoms with Crippen LogP contribution in [-0.2, 0) is 16.0 Å². The molecule has 0 radical (unpaired) electrons. The van der Waals surface area contributed by atoms with Gasteiger partial charge in [-0.15, -0.1) is 0 Å². The van der Waals surface area contributed by atoms with Crippen LogP contribution in [0.25, 0.3) is 0 Å². The lowest BCUT2D eigenvalue weighted by molar-refractivity contribution is -0.139. The molecule has 0 aliphatic rings. The zero-order valence-corrected chi connectivity index (χ0v) is 9.65. The van der Waals surface area contributed by atoms with Crippen molar-refractivity contribution >= 4 is 22.8 Å². The molecule has 1 atom stereocenters. The number of hydrogen-bond donors (Lipinski definition) is 3. The third kappa shape index (κ3) is 4.84. The predicted octanol–water partition coefficient (Wildman–Crippen LogP) is 0.743. The molecule has 92 valence electrons. The second-order valence-corrected chi connectivity index (χ2v) is 3.92. The fraction of sp³-hybridized carbons (Fsp3) is 0.273. The molecule has 6 heteroatoms. The largest absolute Gasteiger partial charge is 0.508 e. The fourth-order valence-electron chi connectivity index (χ4n) is 1.32. The summed E-state index contributed by atoms with van der Waals surface area (Å²) in [7, 11) is 0. The van der Waals surface area contributed by atoms with Gasteiger partial charge in [-0.05, 0) is 35.7 Å². The molecule has 0 fully saturated rings. The SMILES string of the molecule is O=C(Cl)CN[C@@H](Cc1ccc(O)cc1)C(=O)O. The molecule has 5 nitrogen and oxygen atoms in total. The fourth-order valence-corrected chi connectivity index (χ4v) is 1.40. The Morgan fingerprint density at radius 1 is 1.29 bits per heavy atom. The molecule has 0 heterocycles. The first kappa shape index (κ1) is 13.5. The van der Waals surface area contributed by atoms with Gasteiger partial charge < -0.3 is 10.2 Å². The van der Waals surface area contributed by atoms with Crippen molar-refractivity contribution in [2.24, 2.45) is 0 Å². The Morgan fingerprint density at radius 3 is 2.35 bits per heavy atom. The minimum atomic E-state index is -1.06. The van der Waals surface area contributed by atoms with Crippen molar-refractivity contribution in [1.82, 2.24) is 5.32 Å². The molecule has 0 spiro atoms. The first-order chi connectivity index (χ1) is 7.99. The summed E-state index contributed by atoms with van der Waals surface area (Å²) in [5.41, 5.74) is 0.740. The Bertz CT molecular complexity index is 404. The molecule has 0 unspecified atom stereocenters. The van der Waals surface area contributed by atoms with Crippen molar-refractivity contribution in [1.29, 1.82) is 0 Å². The van der Waals surface area contributed by atoms with Crippen LogP contribution in [-0.4, -0.2) is 34.0 Å². The number of carboxylic acid groups (broad SMARTS) is 1. The van der Waals surface area contributed by atoms with Crippen molar-refractivity contribution in [2.75, 3.05) is 6.54 Å². The van der Waals surface area contributed by atoms with Crippen LogP contribution in [0.4, 0.5) is 0 Å². The first-order valence-electron chi connectivity index (χ1n) is 4.91. The van der Waals surface area contributed by atoms with E-state index in [2.05, 4.69) is 5.32 Å². The molecule has 0 saturated heterocycles. The molecule has 1 aromatic rings. The average molecular weight is 258 g/mol. The van der Waals surface area contributed by atoms with Crippen molar-refractivity contribution in [2.45, 2.75) is 12.5 Å². The van der Waals surface area contributed by atoms with Gasteiger partial charge in [-0.1, -0.05) is 12.1 Å². The summed E-state index contributed by atoms with van der Waals surface area (Å²) in [4.78, 5) is 21.5. The van der Waals surface area contributed by atoms with Crippen molar-refractivity contribution in [3.05, 3.63) is 29.8 Å². The summed E-state index contributed by atoms with van der Waals surface area (Å²) in [6.07, 6.45) is 0.208. The van der Waals surface area contributed by atoms with E-state index in [-0.39, 0.29) is 18.7 Å². The maximum absolute atomic E-state index is 10.9. The van der Waals surface area contributed by atoms with Gasteiger partial charge >= 0.3 is 5.97 Å². The number of benzene rings is 1. The molecule has 0 saturated carbocycles. The van der Waals surface area contributed by atoms with Crippen molar-refractivity contribution in [3.63, 3.8) is 0 Å². The number of carboxylic acids is 1. The molecule has 0 aliphatic carbocycles. The van der Waals surface area contributed by atoms with Gasteiger partial charge in [0, 0.05) is 0 Å². The van der Waals surface area contributed by atoms with Crippen LogP contribution in [0.1, 0.15) is 5.56 Å². The maximum Gasteiger partial charge on any atom is 0.321 e. The van der Waals surface area contributed by atoms with Crippen LogP contribution in [0.5, 0.6) is 5.75 Å². The number of phenols is 1. The smallest absolute Gasteiger partial charge is 0.321 e. The van der Waals surface area contributed by atoms with E-state index in [0.29, 0.717) is 0 Å². The van der Waals surface area contributed by atoms with Gasteiger partial charge in [-0.3, -0.25) is 14.9 Å². The van der Waals surface area contributed by atoms with Gasteiger partial charge in [-0.25, -0.2) is 0 Å². The summed E-state index contributed by atoms with van der Waals surface area (Å²) in [5.74, 6) is -0.944. The molecule has 3 N–H and O–H groups in total. The van der Waals surface area contributed by atoms with E-state index in [1.165, 1.54) is 12.1 Å². The lowest BCUT2D eigenvalue weighted by Crippen LogP contribution is -2.40. The Labute approximate surface area is 103 Å². The quantitative estimate of drug-likeness (QED) is 0.655. The van der Waals surface area contributed by atoms with Crippen LogP contribution in [0.15, 0.2) is 24.3 Å². The third-order valence-corrected chi connectivity index (χ3v) is 2.30. The number of phenolic OH excluding ortho intramolecular Hbond substituents is 1. The van der Waals surface area contributed by atoms with Gasteiger partial charge in [0.05, 0.1) is 6.54 Å². The highest BCUT2D eigenvalue weighted by atomic mass is 35.5. The molecule has 1 aromatic carbocycles. The van der Waals surface area contributed by atoms with Crippen LogP contribution >= 0.6 is 11.6 Å². The first-order valence-corrected chi connectivity index (χ1v) is 5.29. The van der Waals surface area contributed by atoms with Gasteiger partial charge in [0.2, 0.25) is 5.24 Å². The average Bonchev–Trinajstić information content (AvgIpc) is 2.26. The normalized spacial score (nSPS) is 12.1. The van der Waals surface area contributed by atoms with E-state index >= 15 is 0 Å². The van der Waals surface area contributed by atoms with Crippen molar-refractivity contribution < 1.29 is 19.8 Å². The zero-order chi connectivity index (χ0) is 12.8. The van der Waals surface area contributed by atoms with Crippen LogP contribution < -0.4 is 5.32 Å². The van der Waals surface area contributed by atoms with E-state index in [0.717, 1.165) is 5.56 Å². The topological polar surface area (TPSA) is 86.6 Å². The van der Waals surface area contributed by atoms with E-state index in [4.69, 9.17) is 21.8 Å². The molecule has 0 aliphatic heterocycles. The number of hydrogen-bond acceptors (Lipinski definition) is 4. The van der Waals surface area contributed by atoms with Gasteiger partial charge in [-0.2, -0.15) is 0 Å². The Hall–Kier alpha value is -1.59. The maximum atomic E-state index is 10.9. The summed E-state index contributed by atoms with van der Waals surface area (Å²) in [6.45, 7) is -0.198. The molecule has 0 amide bonds. The molecule has 17 heavy (non-hydrogen) atoms. The second-order valence-electron chi connectivity index (χ2n) is 3.50. The standard InChI is InChI=1S/C11H12ClNO4/c12-10(15)6-13-9(11(16)17)5-7-1-3-8(14)4-2-7/h1-4,9,13-14H,5-6H2,(H,16,17)/t9-/m0/s1. The Balaban J connectivity index is 2.63. The predicted molar refractivity (Wildman–Crippen MR) is 62.1 cm³/mol. The highest BCUT2D eigenvalue weighted by Gasteiger charge is 2.17. The van der Waals surface area contributed by atoms with E-state index in [9.17, 15) is 9.59 Å². The molecule has 0 aromatic heterocycles. The minimum absolute atomic E-state index is 0.115. The lowest BCUT2D eigenvalue weighted by atomic mass is 10.1.